The number of rotatable bonds is 0. The number of aromatic nitrogens is 1. The molecule has 2 heteroatoms. The van der Waals surface area contributed by atoms with Gasteiger partial charge in [-0.1, -0.05) is 18.2 Å². The van der Waals surface area contributed by atoms with E-state index in [1.54, 1.807) is 0 Å². The Bertz CT molecular complexity index is 652. The molecule has 2 nitrogen and oxygen atoms in total. The molecule has 0 fully saturated rings. The number of aromatic hydroxyl groups is 1. The molecule has 2 aromatic carbocycles. The molecule has 0 atom stereocenters. The Morgan fingerprint density at radius 2 is 1.80 bits per heavy atom. The topological polar surface area (TPSA) is 36.0 Å². The fourth-order valence-corrected chi connectivity index (χ4v) is 1.99. The monoisotopic (exact) mass is 197 g/mol. The van der Waals surface area contributed by atoms with Crippen molar-refractivity contribution >= 4 is 21.8 Å². The van der Waals surface area contributed by atoms with Gasteiger partial charge in [0.15, 0.2) is 0 Å². The molecule has 0 saturated carbocycles. The highest BCUT2D eigenvalue weighted by Crippen LogP contribution is 2.30. The molecule has 0 radical (unpaired) electrons. The summed E-state index contributed by atoms with van der Waals surface area (Å²) in [6.07, 6.45) is 0. The molecule has 0 bridgehead atoms. The van der Waals surface area contributed by atoms with E-state index in [1.807, 2.05) is 37.3 Å². The van der Waals surface area contributed by atoms with Crippen molar-refractivity contribution in [3.63, 3.8) is 0 Å². The SMILES string of the molecule is Cc1cc2[nH]c3ccccc3c2cc1O. The third-order valence-electron chi connectivity index (χ3n) is 2.82. The normalized spacial score (nSPS) is 11.3. The maximum Gasteiger partial charge on any atom is 0.119 e. The standard InChI is InChI=1S/C13H11NO/c1-8-6-12-10(7-13(8)15)9-4-2-3-5-11(9)14-12/h2-7,14-15H,1H3. The molecule has 0 unspecified atom stereocenters. The van der Waals surface area contributed by atoms with E-state index < -0.39 is 0 Å². The van der Waals surface area contributed by atoms with Crippen LogP contribution in [0.25, 0.3) is 21.8 Å². The second kappa shape index (κ2) is 2.76. The first-order chi connectivity index (χ1) is 7.25. The Balaban J connectivity index is 2.56. The van der Waals surface area contributed by atoms with E-state index in [4.69, 9.17) is 0 Å². The van der Waals surface area contributed by atoms with E-state index in [2.05, 4.69) is 11.1 Å². The molecule has 3 aromatic rings. The zero-order valence-electron chi connectivity index (χ0n) is 8.41. The Labute approximate surface area is 87.2 Å². The van der Waals surface area contributed by atoms with Gasteiger partial charge in [-0.15, -0.1) is 0 Å². The van der Waals surface area contributed by atoms with Crippen molar-refractivity contribution in [2.24, 2.45) is 0 Å². The van der Waals surface area contributed by atoms with Gasteiger partial charge in [0.1, 0.15) is 5.75 Å². The lowest BCUT2D eigenvalue weighted by Crippen LogP contribution is -1.74. The van der Waals surface area contributed by atoms with Crippen LogP contribution in [0.1, 0.15) is 5.56 Å². The third-order valence-corrected chi connectivity index (χ3v) is 2.82. The maximum atomic E-state index is 9.68. The predicted octanol–water partition coefficient (Wildman–Crippen LogP) is 3.34. The highest BCUT2D eigenvalue weighted by atomic mass is 16.3. The molecule has 0 amide bonds. The first-order valence-electron chi connectivity index (χ1n) is 4.96. The van der Waals surface area contributed by atoms with Gasteiger partial charge in [-0.05, 0) is 30.7 Å². The molecule has 0 saturated heterocycles. The summed E-state index contributed by atoms with van der Waals surface area (Å²) in [4.78, 5) is 3.33. The molecule has 3 rings (SSSR count). The van der Waals surface area contributed by atoms with Crippen LogP contribution in [0.15, 0.2) is 36.4 Å². The van der Waals surface area contributed by atoms with Crippen molar-refractivity contribution in [3.05, 3.63) is 42.0 Å². The summed E-state index contributed by atoms with van der Waals surface area (Å²) in [5.41, 5.74) is 3.08. The van der Waals surface area contributed by atoms with Gasteiger partial charge in [-0.3, -0.25) is 0 Å². The van der Waals surface area contributed by atoms with E-state index >= 15 is 0 Å². The average molecular weight is 197 g/mol. The lowest BCUT2D eigenvalue weighted by molar-refractivity contribution is 0.472. The summed E-state index contributed by atoms with van der Waals surface area (Å²) < 4.78 is 0. The molecule has 0 aliphatic rings. The number of phenols is 1. The number of fused-ring (bicyclic) bond motifs is 3. The molecule has 1 heterocycles. The van der Waals surface area contributed by atoms with Crippen molar-refractivity contribution in [1.29, 1.82) is 0 Å². The van der Waals surface area contributed by atoms with Crippen molar-refractivity contribution < 1.29 is 5.11 Å². The third kappa shape index (κ3) is 1.11. The maximum absolute atomic E-state index is 9.68. The van der Waals surface area contributed by atoms with Crippen LogP contribution in [0, 0.1) is 6.92 Å². The fraction of sp³-hybridized carbons (Fsp3) is 0.0769. The van der Waals surface area contributed by atoms with Gasteiger partial charge in [0.25, 0.3) is 0 Å². The minimum Gasteiger partial charge on any atom is -0.508 e. The largest absolute Gasteiger partial charge is 0.508 e. The average Bonchev–Trinajstić information content (AvgIpc) is 2.57. The summed E-state index contributed by atoms with van der Waals surface area (Å²) in [6, 6.07) is 11.9. The minimum atomic E-state index is 0.354. The zero-order chi connectivity index (χ0) is 10.4. The number of benzene rings is 2. The Morgan fingerprint density at radius 1 is 1.00 bits per heavy atom. The molecule has 0 aliphatic carbocycles. The van der Waals surface area contributed by atoms with Crippen LogP contribution < -0.4 is 0 Å². The molecular weight excluding hydrogens is 186 g/mol. The van der Waals surface area contributed by atoms with Crippen LogP contribution in [-0.2, 0) is 0 Å². The van der Waals surface area contributed by atoms with Crippen LogP contribution in [0.3, 0.4) is 0 Å². The Kier molecular flexibility index (Phi) is 1.54. The highest BCUT2D eigenvalue weighted by Gasteiger charge is 2.05. The molecular formula is C13H11NO. The molecule has 0 spiro atoms. The number of aryl methyl sites for hydroxylation is 1. The molecule has 0 aliphatic heterocycles. The van der Waals surface area contributed by atoms with E-state index in [0.717, 1.165) is 27.4 Å². The van der Waals surface area contributed by atoms with E-state index in [9.17, 15) is 5.11 Å². The second-order valence-electron chi connectivity index (χ2n) is 3.85. The summed E-state index contributed by atoms with van der Waals surface area (Å²) >= 11 is 0. The first-order valence-corrected chi connectivity index (χ1v) is 4.96. The lowest BCUT2D eigenvalue weighted by Gasteiger charge is -1.98. The zero-order valence-corrected chi connectivity index (χ0v) is 8.41. The first kappa shape index (κ1) is 8.36. The molecule has 2 N–H and O–H groups in total. The smallest absolute Gasteiger partial charge is 0.119 e. The van der Waals surface area contributed by atoms with Gasteiger partial charge in [-0.2, -0.15) is 0 Å². The molecule has 15 heavy (non-hydrogen) atoms. The van der Waals surface area contributed by atoms with E-state index in [0.29, 0.717) is 5.75 Å². The molecule has 74 valence electrons. The second-order valence-corrected chi connectivity index (χ2v) is 3.85. The van der Waals surface area contributed by atoms with E-state index in [-0.39, 0.29) is 0 Å². The summed E-state index contributed by atoms with van der Waals surface area (Å²) in [5, 5.41) is 11.9. The quantitative estimate of drug-likeness (QED) is 0.569. The van der Waals surface area contributed by atoms with Gasteiger partial charge in [0.05, 0.1) is 0 Å². The van der Waals surface area contributed by atoms with Crippen LogP contribution >= 0.6 is 0 Å². The predicted molar refractivity (Wildman–Crippen MR) is 62.2 cm³/mol. The highest BCUT2D eigenvalue weighted by molar-refractivity contribution is 6.07. The van der Waals surface area contributed by atoms with Crippen LogP contribution in [0.4, 0.5) is 0 Å². The number of aromatic amines is 1. The van der Waals surface area contributed by atoms with Crippen LogP contribution in [-0.4, -0.2) is 10.1 Å². The summed E-state index contributed by atoms with van der Waals surface area (Å²) in [6.45, 7) is 1.90. The number of nitrogens with one attached hydrogen (secondary N) is 1. The fourth-order valence-electron chi connectivity index (χ4n) is 1.99. The Morgan fingerprint density at radius 3 is 2.67 bits per heavy atom. The van der Waals surface area contributed by atoms with Gasteiger partial charge >= 0.3 is 0 Å². The van der Waals surface area contributed by atoms with Crippen LogP contribution in [0.2, 0.25) is 0 Å². The minimum absolute atomic E-state index is 0.354. The van der Waals surface area contributed by atoms with Crippen molar-refractivity contribution in [3.8, 4) is 5.75 Å². The number of hydrogen-bond donors (Lipinski definition) is 2. The van der Waals surface area contributed by atoms with Crippen molar-refractivity contribution in [2.45, 2.75) is 6.92 Å². The summed E-state index contributed by atoms with van der Waals surface area (Å²) in [5.74, 6) is 0.354. The Hall–Kier alpha value is -1.96. The van der Waals surface area contributed by atoms with Gasteiger partial charge < -0.3 is 10.1 Å². The van der Waals surface area contributed by atoms with Crippen molar-refractivity contribution in [1.82, 2.24) is 4.98 Å². The van der Waals surface area contributed by atoms with E-state index in [1.165, 1.54) is 0 Å². The number of H-pyrrole nitrogens is 1. The van der Waals surface area contributed by atoms with Gasteiger partial charge in [0.2, 0.25) is 0 Å². The van der Waals surface area contributed by atoms with Gasteiger partial charge in [-0.25, -0.2) is 0 Å². The number of hydrogen-bond acceptors (Lipinski definition) is 1. The summed E-state index contributed by atoms with van der Waals surface area (Å²) in [7, 11) is 0. The number of phenolic OH excluding ortho intramolecular Hbond substituents is 1. The van der Waals surface area contributed by atoms with Gasteiger partial charge in [0, 0.05) is 21.8 Å². The van der Waals surface area contributed by atoms with Crippen LogP contribution in [0.5, 0.6) is 5.75 Å². The molecule has 1 aromatic heterocycles. The lowest BCUT2D eigenvalue weighted by atomic mass is 10.1. The number of para-hydroxylation sites is 1. The van der Waals surface area contributed by atoms with Crippen molar-refractivity contribution in [2.75, 3.05) is 0 Å².